The standard InChI is InChI=1S/C17H26O3Si/c1-13(16(18)19)12-15(14-10-8-7-9-11-14)20-21(5,6)17(2,3)4/h7-12,15H,1-6H3,(H,18,19)/b13-12+. The first-order chi connectivity index (χ1) is 9.54. The third kappa shape index (κ3) is 4.83. The van der Waals surface area contributed by atoms with Crippen molar-refractivity contribution in [3.8, 4) is 0 Å². The third-order valence-corrected chi connectivity index (χ3v) is 8.55. The second kappa shape index (κ2) is 6.58. The normalized spacial score (nSPS) is 14.9. The molecule has 0 heterocycles. The summed E-state index contributed by atoms with van der Waals surface area (Å²) in [7, 11) is -1.99. The van der Waals surface area contributed by atoms with E-state index in [4.69, 9.17) is 9.53 Å². The molecule has 0 saturated heterocycles. The number of carbonyl (C=O) groups is 1. The molecule has 1 rings (SSSR count). The predicted octanol–water partition coefficient (Wildman–Crippen LogP) is 4.78. The van der Waals surface area contributed by atoms with Crippen LogP contribution in [0.4, 0.5) is 0 Å². The van der Waals surface area contributed by atoms with E-state index in [0.29, 0.717) is 5.57 Å². The van der Waals surface area contributed by atoms with Crippen molar-refractivity contribution in [2.24, 2.45) is 0 Å². The lowest BCUT2D eigenvalue weighted by Gasteiger charge is -2.38. The highest BCUT2D eigenvalue weighted by atomic mass is 28.4. The van der Waals surface area contributed by atoms with Crippen LogP contribution >= 0.6 is 0 Å². The minimum Gasteiger partial charge on any atom is -0.478 e. The van der Waals surface area contributed by atoms with Gasteiger partial charge in [0, 0.05) is 5.57 Å². The summed E-state index contributed by atoms with van der Waals surface area (Å²) in [5, 5.41) is 9.20. The maximum absolute atomic E-state index is 11.1. The Labute approximate surface area is 128 Å². The van der Waals surface area contributed by atoms with Gasteiger partial charge in [-0.3, -0.25) is 0 Å². The summed E-state index contributed by atoms with van der Waals surface area (Å²) in [6.07, 6.45) is 1.39. The van der Waals surface area contributed by atoms with E-state index in [0.717, 1.165) is 5.56 Å². The van der Waals surface area contributed by atoms with Gasteiger partial charge in [0.2, 0.25) is 0 Å². The number of rotatable bonds is 5. The maximum atomic E-state index is 11.1. The fourth-order valence-corrected chi connectivity index (χ4v) is 2.83. The van der Waals surface area contributed by atoms with Crippen LogP contribution in [-0.4, -0.2) is 19.4 Å². The summed E-state index contributed by atoms with van der Waals surface area (Å²) in [6, 6.07) is 9.79. The molecule has 4 heteroatoms. The van der Waals surface area contributed by atoms with E-state index < -0.39 is 14.3 Å². The van der Waals surface area contributed by atoms with Crippen molar-refractivity contribution >= 4 is 14.3 Å². The number of hydrogen-bond donors (Lipinski definition) is 1. The van der Waals surface area contributed by atoms with E-state index in [2.05, 4.69) is 33.9 Å². The Kier molecular flexibility index (Phi) is 5.53. The van der Waals surface area contributed by atoms with Crippen LogP contribution in [0.1, 0.15) is 39.4 Å². The Morgan fingerprint density at radius 1 is 1.24 bits per heavy atom. The van der Waals surface area contributed by atoms with Crippen LogP contribution in [0.15, 0.2) is 42.0 Å². The minimum atomic E-state index is -1.99. The molecule has 1 unspecified atom stereocenters. The average molecular weight is 306 g/mol. The van der Waals surface area contributed by atoms with E-state index in [-0.39, 0.29) is 11.1 Å². The molecule has 1 N–H and O–H groups in total. The quantitative estimate of drug-likeness (QED) is 0.629. The van der Waals surface area contributed by atoms with Crippen molar-refractivity contribution in [1.82, 2.24) is 0 Å². The number of benzene rings is 1. The summed E-state index contributed by atoms with van der Waals surface area (Å²) in [5.41, 5.74) is 1.30. The Bertz CT molecular complexity index is 513. The van der Waals surface area contributed by atoms with Gasteiger partial charge in [0.15, 0.2) is 8.32 Å². The minimum absolute atomic E-state index is 0.0744. The van der Waals surface area contributed by atoms with Gasteiger partial charge in [0.05, 0.1) is 6.10 Å². The molecule has 1 aromatic carbocycles. The molecule has 0 radical (unpaired) electrons. The molecule has 3 nitrogen and oxygen atoms in total. The van der Waals surface area contributed by atoms with Crippen molar-refractivity contribution in [3.63, 3.8) is 0 Å². The van der Waals surface area contributed by atoms with E-state index in [9.17, 15) is 4.79 Å². The molecule has 0 aliphatic heterocycles. The van der Waals surface area contributed by atoms with Crippen molar-refractivity contribution in [2.75, 3.05) is 0 Å². The van der Waals surface area contributed by atoms with Crippen LogP contribution in [0.25, 0.3) is 0 Å². The van der Waals surface area contributed by atoms with Crippen molar-refractivity contribution in [2.45, 2.75) is 51.9 Å². The highest BCUT2D eigenvalue weighted by Gasteiger charge is 2.39. The highest BCUT2D eigenvalue weighted by molar-refractivity contribution is 6.74. The van der Waals surface area contributed by atoms with Gasteiger partial charge in [-0.15, -0.1) is 0 Å². The fourth-order valence-electron chi connectivity index (χ4n) is 1.63. The number of aliphatic carboxylic acids is 1. The zero-order valence-electron chi connectivity index (χ0n) is 13.8. The van der Waals surface area contributed by atoms with Gasteiger partial charge in [-0.05, 0) is 36.7 Å². The highest BCUT2D eigenvalue weighted by Crippen LogP contribution is 2.40. The molecule has 0 aliphatic rings. The summed E-state index contributed by atoms with van der Waals surface area (Å²) < 4.78 is 6.41. The SMILES string of the molecule is C/C(=C\C(O[Si](C)(C)C(C)(C)C)c1ccccc1)C(=O)O. The first-order valence-corrected chi connectivity index (χ1v) is 10.1. The van der Waals surface area contributed by atoms with E-state index >= 15 is 0 Å². The second-order valence-corrected chi connectivity index (χ2v) is 11.6. The van der Waals surface area contributed by atoms with Gasteiger partial charge >= 0.3 is 5.97 Å². The first kappa shape index (κ1) is 17.7. The Morgan fingerprint density at radius 3 is 2.19 bits per heavy atom. The molecular formula is C17H26O3Si. The van der Waals surface area contributed by atoms with Crippen molar-refractivity contribution in [3.05, 3.63) is 47.5 Å². The van der Waals surface area contributed by atoms with Gasteiger partial charge in [-0.1, -0.05) is 51.1 Å². The zero-order chi connectivity index (χ0) is 16.3. The topological polar surface area (TPSA) is 46.5 Å². The number of carboxylic acid groups (broad SMARTS) is 1. The van der Waals surface area contributed by atoms with Crippen LogP contribution in [0, 0.1) is 0 Å². The maximum Gasteiger partial charge on any atom is 0.331 e. The van der Waals surface area contributed by atoms with Crippen LogP contribution in [0.5, 0.6) is 0 Å². The molecule has 0 fully saturated rings. The van der Waals surface area contributed by atoms with Crippen molar-refractivity contribution in [1.29, 1.82) is 0 Å². The third-order valence-electron chi connectivity index (χ3n) is 4.09. The molecule has 0 amide bonds. The zero-order valence-corrected chi connectivity index (χ0v) is 14.8. The Balaban J connectivity index is 3.16. The Morgan fingerprint density at radius 2 is 1.76 bits per heavy atom. The monoisotopic (exact) mass is 306 g/mol. The summed E-state index contributed by atoms with van der Waals surface area (Å²) in [4.78, 5) is 11.1. The molecule has 1 atom stereocenters. The van der Waals surface area contributed by atoms with E-state index in [1.165, 1.54) is 0 Å². The summed E-state index contributed by atoms with van der Waals surface area (Å²) >= 11 is 0. The van der Waals surface area contributed by atoms with E-state index in [1.807, 2.05) is 30.3 Å². The van der Waals surface area contributed by atoms with Crippen molar-refractivity contribution < 1.29 is 14.3 Å². The van der Waals surface area contributed by atoms with Gasteiger partial charge in [-0.2, -0.15) is 0 Å². The molecule has 0 saturated carbocycles. The van der Waals surface area contributed by atoms with Crippen LogP contribution in [0.2, 0.25) is 18.1 Å². The van der Waals surface area contributed by atoms with Gasteiger partial charge < -0.3 is 9.53 Å². The average Bonchev–Trinajstić information content (AvgIpc) is 2.37. The predicted molar refractivity (Wildman–Crippen MR) is 88.9 cm³/mol. The fraction of sp³-hybridized carbons (Fsp3) is 0.471. The lowest BCUT2D eigenvalue weighted by atomic mass is 10.1. The molecule has 0 bridgehead atoms. The molecular weight excluding hydrogens is 280 g/mol. The molecule has 1 aromatic rings. The van der Waals surface area contributed by atoms with E-state index in [1.54, 1.807) is 13.0 Å². The smallest absolute Gasteiger partial charge is 0.331 e. The summed E-state index contributed by atoms with van der Waals surface area (Å²) in [6.45, 7) is 12.5. The molecule has 21 heavy (non-hydrogen) atoms. The molecule has 0 spiro atoms. The first-order valence-electron chi connectivity index (χ1n) is 7.19. The van der Waals surface area contributed by atoms with Crippen LogP contribution < -0.4 is 0 Å². The lowest BCUT2D eigenvalue weighted by Crippen LogP contribution is -2.41. The van der Waals surface area contributed by atoms with Crippen LogP contribution in [0.3, 0.4) is 0 Å². The molecule has 116 valence electrons. The van der Waals surface area contributed by atoms with Gasteiger partial charge in [0.1, 0.15) is 0 Å². The number of carboxylic acids is 1. The van der Waals surface area contributed by atoms with Gasteiger partial charge in [0.25, 0.3) is 0 Å². The number of hydrogen-bond acceptors (Lipinski definition) is 2. The largest absolute Gasteiger partial charge is 0.478 e. The second-order valence-electron chi connectivity index (χ2n) is 6.86. The van der Waals surface area contributed by atoms with Gasteiger partial charge in [-0.25, -0.2) is 4.79 Å². The summed E-state index contributed by atoms with van der Waals surface area (Å²) in [5.74, 6) is -0.908. The van der Waals surface area contributed by atoms with Crippen LogP contribution in [-0.2, 0) is 9.22 Å². The Hall–Kier alpha value is -1.39. The molecule has 0 aromatic heterocycles. The lowest BCUT2D eigenvalue weighted by molar-refractivity contribution is -0.132. The molecule has 0 aliphatic carbocycles.